The van der Waals surface area contributed by atoms with Gasteiger partial charge in [-0.1, -0.05) is 0 Å². The van der Waals surface area contributed by atoms with Crippen molar-refractivity contribution >= 4 is 0 Å². The zero-order valence-corrected chi connectivity index (χ0v) is 9.56. The maximum absolute atomic E-state index is 4.00. The van der Waals surface area contributed by atoms with Crippen LogP contribution in [0.15, 0.2) is 43.0 Å². The standard InChI is InChI=1S/C13H17N3/c1-16-9-5-13(11-16)10-15-8-4-12-2-6-14-7-3-12/h2-3,5-7,9,11,15H,4,8,10H2,1H3. The van der Waals surface area contributed by atoms with Crippen LogP contribution in [0.2, 0.25) is 0 Å². The van der Waals surface area contributed by atoms with E-state index in [-0.39, 0.29) is 0 Å². The predicted octanol–water partition coefficient (Wildman–Crippen LogP) is 1.75. The minimum Gasteiger partial charge on any atom is -0.357 e. The zero-order chi connectivity index (χ0) is 11.2. The van der Waals surface area contributed by atoms with E-state index in [0.29, 0.717) is 0 Å². The fraction of sp³-hybridized carbons (Fsp3) is 0.308. The molecule has 3 nitrogen and oxygen atoms in total. The second kappa shape index (κ2) is 5.47. The van der Waals surface area contributed by atoms with Crippen LogP contribution in [0, 0.1) is 0 Å². The zero-order valence-electron chi connectivity index (χ0n) is 9.56. The highest BCUT2D eigenvalue weighted by Gasteiger charge is 1.95. The third kappa shape index (κ3) is 3.21. The molecule has 2 aromatic heterocycles. The molecule has 3 heteroatoms. The van der Waals surface area contributed by atoms with Crippen LogP contribution in [0.25, 0.3) is 0 Å². The molecule has 0 aliphatic rings. The first-order valence-electron chi connectivity index (χ1n) is 5.55. The predicted molar refractivity (Wildman–Crippen MR) is 65.1 cm³/mol. The lowest BCUT2D eigenvalue weighted by Gasteiger charge is -2.03. The second-order valence-electron chi connectivity index (χ2n) is 3.97. The number of aromatic nitrogens is 2. The summed E-state index contributed by atoms with van der Waals surface area (Å²) in [4.78, 5) is 4.00. The van der Waals surface area contributed by atoms with Crippen LogP contribution in [-0.4, -0.2) is 16.1 Å². The Morgan fingerprint density at radius 2 is 2.00 bits per heavy atom. The molecule has 0 fully saturated rings. The Morgan fingerprint density at radius 3 is 2.69 bits per heavy atom. The van der Waals surface area contributed by atoms with Crippen LogP contribution in [0.1, 0.15) is 11.1 Å². The summed E-state index contributed by atoms with van der Waals surface area (Å²) in [7, 11) is 2.04. The van der Waals surface area contributed by atoms with Gasteiger partial charge < -0.3 is 9.88 Å². The van der Waals surface area contributed by atoms with Gasteiger partial charge >= 0.3 is 0 Å². The highest BCUT2D eigenvalue weighted by Crippen LogP contribution is 1.99. The van der Waals surface area contributed by atoms with Crippen LogP contribution in [0.4, 0.5) is 0 Å². The van der Waals surface area contributed by atoms with Gasteiger partial charge in [-0.25, -0.2) is 0 Å². The molecule has 0 spiro atoms. The summed E-state index contributed by atoms with van der Waals surface area (Å²) in [6.45, 7) is 1.94. The van der Waals surface area contributed by atoms with E-state index in [1.807, 2.05) is 19.4 Å². The molecule has 2 aromatic rings. The Balaban J connectivity index is 1.69. The van der Waals surface area contributed by atoms with Crippen molar-refractivity contribution in [2.45, 2.75) is 13.0 Å². The van der Waals surface area contributed by atoms with Crippen molar-refractivity contribution in [3.8, 4) is 0 Å². The molecule has 0 aliphatic carbocycles. The molecule has 0 atom stereocenters. The number of rotatable bonds is 5. The number of nitrogens with one attached hydrogen (secondary N) is 1. The summed E-state index contributed by atoms with van der Waals surface area (Å²) in [6, 6.07) is 6.26. The molecule has 0 saturated carbocycles. The lowest BCUT2D eigenvalue weighted by molar-refractivity contribution is 0.685. The molecule has 2 heterocycles. The van der Waals surface area contributed by atoms with E-state index in [4.69, 9.17) is 0 Å². The minimum atomic E-state index is 0.936. The molecule has 16 heavy (non-hydrogen) atoms. The van der Waals surface area contributed by atoms with Gasteiger partial charge in [0.25, 0.3) is 0 Å². The van der Waals surface area contributed by atoms with Gasteiger partial charge in [0.1, 0.15) is 0 Å². The summed E-state index contributed by atoms with van der Waals surface area (Å²) < 4.78 is 2.07. The summed E-state index contributed by atoms with van der Waals surface area (Å²) in [5.41, 5.74) is 2.66. The number of pyridine rings is 1. The molecule has 0 bridgehead atoms. The molecular formula is C13H17N3. The normalized spacial score (nSPS) is 10.6. The Labute approximate surface area is 96.1 Å². The lowest BCUT2D eigenvalue weighted by atomic mass is 10.2. The fourth-order valence-electron chi connectivity index (χ4n) is 1.68. The van der Waals surface area contributed by atoms with Crippen LogP contribution in [-0.2, 0) is 20.0 Å². The van der Waals surface area contributed by atoms with Gasteiger partial charge in [-0.2, -0.15) is 0 Å². The summed E-state index contributed by atoms with van der Waals surface area (Å²) in [5.74, 6) is 0. The van der Waals surface area contributed by atoms with Crippen molar-refractivity contribution < 1.29 is 0 Å². The van der Waals surface area contributed by atoms with Crippen molar-refractivity contribution in [2.24, 2.45) is 7.05 Å². The molecule has 0 amide bonds. The fourth-order valence-corrected chi connectivity index (χ4v) is 1.68. The molecule has 0 aromatic carbocycles. The molecule has 0 saturated heterocycles. The van der Waals surface area contributed by atoms with Gasteiger partial charge in [-0.15, -0.1) is 0 Å². The SMILES string of the molecule is Cn1ccc(CNCCc2ccncc2)c1. The third-order valence-corrected chi connectivity index (χ3v) is 2.56. The van der Waals surface area contributed by atoms with E-state index in [1.54, 1.807) is 0 Å². The van der Waals surface area contributed by atoms with Gasteiger partial charge in [-0.3, -0.25) is 4.98 Å². The van der Waals surface area contributed by atoms with Crippen LogP contribution < -0.4 is 5.32 Å². The average molecular weight is 215 g/mol. The number of aryl methyl sites for hydroxylation is 1. The highest BCUT2D eigenvalue weighted by atomic mass is 14.9. The average Bonchev–Trinajstić information content (AvgIpc) is 2.72. The van der Waals surface area contributed by atoms with E-state index in [0.717, 1.165) is 19.5 Å². The topological polar surface area (TPSA) is 29.9 Å². The maximum atomic E-state index is 4.00. The molecule has 0 aliphatic heterocycles. The van der Waals surface area contributed by atoms with Gasteiger partial charge in [0.2, 0.25) is 0 Å². The largest absolute Gasteiger partial charge is 0.357 e. The van der Waals surface area contributed by atoms with Gasteiger partial charge in [0, 0.05) is 38.4 Å². The first kappa shape index (κ1) is 10.9. The van der Waals surface area contributed by atoms with Crippen LogP contribution >= 0.6 is 0 Å². The van der Waals surface area contributed by atoms with Crippen LogP contribution in [0.3, 0.4) is 0 Å². The first-order chi connectivity index (χ1) is 7.84. The Bertz CT molecular complexity index is 420. The molecule has 0 unspecified atom stereocenters. The highest BCUT2D eigenvalue weighted by molar-refractivity contribution is 5.11. The number of hydrogen-bond acceptors (Lipinski definition) is 2. The third-order valence-electron chi connectivity index (χ3n) is 2.56. The van der Waals surface area contributed by atoms with Gasteiger partial charge in [0.15, 0.2) is 0 Å². The molecule has 0 radical (unpaired) electrons. The molecular weight excluding hydrogens is 198 g/mol. The minimum absolute atomic E-state index is 0.936. The van der Waals surface area contributed by atoms with Crippen molar-refractivity contribution in [3.63, 3.8) is 0 Å². The van der Waals surface area contributed by atoms with Crippen molar-refractivity contribution in [2.75, 3.05) is 6.54 Å². The quantitative estimate of drug-likeness (QED) is 0.770. The van der Waals surface area contributed by atoms with Gasteiger partial charge in [-0.05, 0) is 42.3 Å². The van der Waals surface area contributed by atoms with Crippen molar-refractivity contribution in [3.05, 3.63) is 54.1 Å². The molecule has 2 rings (SSSR count). The van der Waals surface area contributed by atoms with Gasteiger partial charge in [0.05, 0.1) is 0 Å². The lowest BCUT2D eigenvalue weighted by Crippen LogP contribution is -2.16. The first-order valence-corrected chi connectivity index (χ1v) is 5.55. The van der Waals surface area contributed by atoms with Crippen LogP contribution in [0.5, 0.6) is 0 Å². The van der Waals surface area contributed by atoms with E-state index < -0.39 is 0 Å². The summed E-state index contributed by atoms with van der Waals surface area (Å²) in [5, 5.41) is 3.43. The monoisotopic (exact) mass is 215 g/mol. The smallest absolute Gasteiger partial charge is 0.0270 e. The maximum Gasteiger partial charge on any atom is 0.0270 e. The van der Waals surface area contributed by atoms with E-state index in [2.05, 4.69) is 45.5 Å². The Hall–Kier alpha value is -1.61. The Kier molecular flexibility index (Phi) is 3.72. The van der Waals surface area contributed by atoms with E-state index in [1.165, 1.54) is 11.1 Å². The van der Waals surface area contributed by atoms with E-state index >= 15 is 0 Å². The molecule has 84 valence electrons. The second-order valence-corrected chi connectivity index (χ2v) is 3.97. The Morgan fingerprint density at radius 1 is 1.19 bits per heavy atom. The van der Waals surface area contributed by atoms with Crippen molar-refractivity contribution in [1.29, 1.82) is 0 Å². The van der Waals surface area contributed by atoms with Crippen molar-refractivity contribution in [1.82, 2.24) is 14.9 Å². The summed E-state index contributed by atoms with van der Waals surface area (Å²) in [6.07, 6.45) is 8.94. The molecule has 1 N–H and O–H groups in total. The number of hydrogen-bond donors (Lipinski definition) is 1. The summed E-state index contributed by atoms with van der Waals surface area (Å²) >= 11 is 0. The number of nitrogens with zero attached hydrogens (tertiary/aromatic N) is 2. The van der Waals surface area contributed by atoms with E-state index in [9.17, 15) is 0 Å².